The first-order chi connectivity index (χ1) is 5.79. The van der Waals surface area contributed by atoms with Gasteiger partial charge in [0.15, 0.2) is 5.65 Å². The van der Waals surface area contributed by atoms with Crippen LogP contribution in [-0.4, -0.2) is 19.9 Å². The standard InChI is InChI=1S/C8H8N4/c1-5(2)6-7-8(11-3-9-6)12-4-10-7/h3-4H,1H2,2H3,(H,9,10,11,12). The van der Waals surface area contributed by atoms with E-state index in [1.807, 2.05) is 6.92 Å². The minimum Gasteiger partial charge on any atom is -0.341 e. The molecule has 0 unspecified atom stereocenters. The SMILES string of the molecule is C=C(C)c1ncnc2nc[nH]c12. The Labute approximate surface area is 69.4 Å². The predicted octanol–water partition coefficient (Wildman–Crippen LogP) is 1.39. The van der Waals surface area contributed by atoms with Gasteiger partial charge in [0.05, 0.1) is 12.0 Å². The molecule has 2 aromatic rings. The molecule has 2 aromatic heterocycles. The number of hydrogen-bond donors (Lipinski definition) is 1. The summed E-state index contributed by atoms with van der Waals surface area (Å²) in [6, 6.07) is 0. The highest BCUT2D eigenvalue weighted by Crippen LogP contribution is 2.15. The zero-order chi connectivity index (χ0) is 8.55. The number of H-pyrrole nitrogens is 1. The van der Waals surface area contributed by atoms with Crippen molar-refractivity contribution in [2.75, 3.05) is 0 Å². The third-order valence-corrected chi connectivity index (χ3v) is 1.63. The molecule has 0 aliphatic heterocycles. The number of nitrogens with zero attached hydrogens (tertiary/aromatic N) is 3. The Balaban J connectivity index is 2.82. The van der Waals surface area contributed by atoms with Crippen molar-refractivity contribution in [1.82, 2.24) is 19.9 Å². The number of imidazole rings is 1. The van der Waals surface area contributed by atoms with Gasteiger partial charge >= 0.3 is 0 Å². The summed E-state index contributed by atoms with van der Waals surface area (Å²) in [7, 11) is 0. The first kappa shape index (κ1) is 6.97. The summed E-state index contributed by atoms with van der Waals surface area (Å²) in [4.78, 5) is 15.1. The lowest BCUT2D eigenvalue weighted by Gasteiger charge is -1.97. The van der Waals surface area contributed by atoms with E-state index in [2.05, 4.69) is 26.5 Å². The molecule has 4 heteroatoms. The minimum absolute atomic E-state index is 0.683. The summed E-state index contributed by atoms with van der Waals surface area (Å²) in [5, 5.41) is 0. The van der Waals surface area contributed by atoms with Crippen molar-refractivity contribution in [2.45, 2.75) is 6.92 Å². The zero-order valence-electron chi connectivity index (χ0n) is 6.70. The molecule has 0 saturated carbocycles. The van der Waals surface area contributed by atoms with E-state index in [1.54, 1.807) is 6.33 Å². The average molecular weight is 160 g/mol. The maximum atomic E-state index is 4.10. The maximum absolute atomic E-state index is 4.10. The van der Waals surface area contributed by atoms with E-state index < -0.39 is 0 Å². The molecule has 1 N–H and O–H groups in total. The smallest absolute Gasteiger partial charge is 0.181 e. The molecule has 0 aromatic carbocycles. The lowest BCUT2D eigenvalue weighted by Crippen LogP contribution is -1.89. The number of aromatic nitrogens is 4. The summed E-state index contributed by atoms with van der Waals surface area (Å²) in [6.07, 6.45) is 3.10. The van der Waals surface area contributed by atoms with Gasteiger partial charge in [0.25, 0.3) is 0 Å². The molecular weight excluding hydrogens is 152 g/mol. The molecule has 0 spiro atoms. The van der Waals surface area contributed by atoms with Gasteiger partial charge in [-0.2, -0.15) is 0 Å². The van der Waals surface area contributed by atoms with Crippen molar-refractivity contribution in [1.29, 1.82) is 0 Å². The van der Waals surface area contributed by atoms with Crippen LogP contribution >= 0.6 is 0 Å². The van der Waals surface area contributed by atoms with Gasteiger partial charge in [-0.05, 0) is 12.5 Å². The van der Waals surface area contributed by atoms with Crippen molar-refractivity contribution >= 4 is 16.7 Å². The van der Waals surface area contributed by atoms with Gasteiger partial charge in [-0.25, -0.2) is 15.0 Å². The van der Waals surface area contributed by atoms with Crippen molar-refractivity contribution in [3.05, 3.63) is 24.9 Å². The van der Waals surface area contributed by atoms with Gasteiger partial charge in [0.1, 0.15) is 11.8 Å². The second-order valence-corrected chi connectivity index (χ2v) is 2.60. The Morgan fingerprint density at radius 3 is 3.00 bits per heavy atom. The van der Waals surface area contributed by atoms with Crippen LogP contribution in [-0.2, 0) is 0 Å². The molecular formula is C8H8N4. The van der Waals surface area contributed by atoms with Crippen LogP contribution in [0.3, 0.4) is 0 Å². The minimum atomic E-state index is 0.683. The highest BCUT2D eigenvalue weighted by Gasteiger charge is 2.04. The van der Waals surface area contributed by atoms with Gasteiger partial charge in [-0.3, -0.25) is 0 Å². The van der Waals surface area contributed by atoms with Gasteiger partial charge < -0.3 is 4.98 Å². The van der Waals surface area contributed by atoms with Gasteiger partial charge in [0, 0.05) is 0 Å². The molecule has 0 aliphatic rings. The molecule has 0 saturated heterocycles. The van der Waals surface area contributed by atoms with Crippen molar-refractivity contribution in [3.8, 4) is 0 Å². The van der Waals surface area contributed by atoms with Crippen LogP contribution in [0.5, 0.6) is 0 Å². The van der Waals surface area contributed by atoms with E-state index in [-0.39, 0.29) is 0 Å². The summed E-state index contributed by atoms with van der Waals surface area (Å²) < 4.78 is 0. The Morgan fingerprint density at radius 1 is 1.42 bits per heavy atom. The van der Waals surface area contributed by atoms with E-state index >= 15 is 0 Å². The molecule has 0 atom stereocenters. The molecule has 60 valence electrons. The molecule has 0 radical (unpaired) electrons. The van der Waals surface area contributed by atoms with Crippen molar-refractivity contribution in [2.24, 2.45) is 0 Å². The fourth-order valence-corrected chi connectivity index (χ4v) is 1.09. The first-order valence-corrected chi connectivity index (χ1v) is 3.59. The zero-order valence-corrected chi connectivity index (χ0v) is 6.70. The van der Waals surface area contributed by atoms with Crippen LogP contribution in [0.4, 0.5) is 0 Å². The average Bonchev–Trinajstić information content (AvgIpc) is 2.49. The molecule has 0 amide bonds. The van der Waals surface area contributed by atoms with Crippen LogP contribution in [0.15, 0.2) is 19.2 Å². The van der Waals surface area contributed by atoms with Gasteiger partial charge in [-0.1, -0.05) is 6.58 Å². The normalized spacial score (nSPS) is 10.4. The number of rotatable bonds is 1. The molecule has 2 rings (SSSR count). The number of aromatic amines is 1. The predicted molar refractivity (Wildman–Crippen MR) is 46.4 cm³/mol. The summed E-state index contributed by atoms with van der Waals surface area (Å²) >= 11 is 0. The molecule has 2 heterocycles. The van der Waals surface area contributed by atoms with E-state index in [9.17, 15) is 0 Å². The van der Waals surface area contributed by atoms with Crippen LogP contribution in [0.2, 0.25) is 0 Å². The second kappa shape index (κ2) is 2.41. The van der Waals surface area contributed by atoms with E-state index in [1.165, 1.54) is 6.33 Å². The van der Waals surface area contributed by atoms with Crippen LogP contribution < -0.4 is 0 Å². The number of nitrogens with one attached hydrogen (secondary N) is 1. The maximum Gasteiger partial charge on any atom is 0.181 e. The largest absolute Gasteiger partial charge is 0.341 e. The third kappa shape index (κ3) is 0.887. The van der Waals surface area contributed by atoms with Gasteiger partial charge in [-0.15, -0.1) is 0 Å². The number of fused-ring (bicyclic) bond motifs is 1. The Hall–Kier alpha value is -1.71. The summed E-state index contributed by atoms with van der Waals surface area (Å²) in [6.45, 7) is 5.72. The Bertz CT molecular complexity index is 429. The molecule has 12 heavy (non-hydrogen) atoms. The summed E-state index contributed by atoms with van der Waals surface area (Å²) in [5.41, 5.74) is 3.28. The Morgan fingerprint density at radius 2 is 2.25 bits per heavy atom. The molecule has 0 aliphatic carbocycles. The van der Waals surface area contributed by atoms with Crippen LogP contribution in [0.25, 0.3) is 16.7 Å². The van der Waals surface area contributed by atoms with Gasteiger partial charge in [0.2, 0.25) is 0 Å². The van der Waals surface area contributed by atoms with Crippen molar-refractivity contribution in [3.63, 3.8) is 0 Å². The number of allylic oxidation sites excluding steroid dienone is 1. The topological polar surface area (TPSA) is 54.5 Å². The van der Waals surface area contributed by atoms with Crippen LogP contribution in [0.1, 0.15) is 12.6 Å². The first-order valence-electron chi connectivity index (χ1n) is 3.59. The van der Waals surface area contributed by atoms with Crippen LogP contribution in [0, 0.1) is 0 Å². The number of hydrogen-bond acceptors (Lipinski definition) is 3. The summed E-state index contributed by atoms with van der Waals surface area (Å²) in [5.74, 6) is 0. The molecule has 0 fully saturated rings. The third-order valence-electron chi connectivity index (χ3n) is 1.63. The van der Waals surface area contributed by atoms with Crippen molar-refractivity contribution < 1.29 is 0 Å². The fourth-order valence-electron chi connectivity index (χ4n) is 1.09. The molecule has 4 nitrogen and oxygen atoms in total. The van der Waals surface area contributed by atoms with E-state index in [4.69, 9.17) is 0 Å². The quantitative estimate of drug-likeness (QED) is 0.685. The van der Waals surface area contributed by atoms with E-state index in [0.29, 0.717) is 5.65 Å². The highest BCUT2D eigenvalue weighted by atomic mass is 15.0. The Kier molecular flexibility index (Phi) is 1.40. The second-order valence-electron chi connectivity index (χ2n) is 2.60. The fraction of sp³-hybridized carbons (Fsp3) is 0.125. The highest BCUT2D eigenvalue weighted by molar-refractivity contribution is 5.82. The molecule has 0 bridgehead atoms. The lowest BCUT2D eigenvalue weighted by molar-refractivity contribution is 1.17. The van der Waals surface area contributed by atoms with E-state index in [0.717, 1.165) is 16.8 Å². The lowest BCUT2D eigenvalue weighted by atomic mass is 10.2. The monoisotopic (exact) mass is 160 g/mol.